The van der Waals surface area contributed by atoms with Gasteiger partial charge in [-0.25, -0.2) is 9.37 Å². The summed E-state index contributed by atoms with van der Waals surface area (Å²) >= 11 is 0. The number of halogens is 1. The second-order valence-corrected chi connectivity index (χ2v) is 5.24. The van der Waals surface area contributed by atoms with Gasteiger partial charge in [-0.1, -0.05) is 12.1 Å². The molecule has 104 valence electrons. The van der Waals surface area contributed by atoms with Crippen molar-refractivity contribution >= 4 is 5.91 Å². The summed E-state index contributed by atoms with van der Waals surface area (Å²) in [7, 11) is 0. The number of hydrogen-bond donors (Lipinski definition) is 1. The van der Waals surface area contributed by atoms with Crippen LogP contribution in [0.1, 0.15) is 24.3 Å². The van der Waals surface area contributed by atoms with Crippen LogP contribution >= 0.6 is 0 Å². The van der Waals surface area contributed by atoms with Gasteiger partial charge < -0.3 is 5.73 Å². The molecular formula is C14H15FN4O. The van der Waals surface area contributed by atoms with Gasteiger partial charge in [0.2, 0.25) is 5.91 Å². The molecule has 1 saturated carbocycles. The largest absolute Gasteiger partial charge is 0.369 e. The predicted molar refractivity (Wildman–Crippen MR) is 70.0 cm³/mol. The molecule has 3 rings (SSSR count). The first-order valence-corrected chi connectivity index (χ1v) is 6.49. The molecule has 2 N–H and O–H groups in total. The van der Waals surface area contributed by atoms with Gasteiger partial charge in [-0.15, -0.1) is 0 Å². The number of carbonyl (C=O) groups is 1. The molecule has 0 aliphatic heterocycles. The Morgan fingerprint density at radius 3 is 2.60 bits per heavy atom. The van der Waals surface area contributed by atoms with E-state index in [4.69, 9.17) is 5.73 Å². The van der Waals surface area contributed by atoms with E-state index in [9.17, 15) is 9.18 Å². The Labute approximate surface area is 115 Å². The van der Waals surface area contributed by atoms with Crippen molar-refractivity contribution in [3.8, 4) is 0 Å². The number of aromatic nitrogens is 3. The van der Waals surface area contributed by atoms with Crippen LogP contribution in [0, 0.1) is 11.2 Å². The van der Waals surface area contributed by atoms with E-state index in [0.717, 1.165) is 18.4 Å². The Kier molecular flexibility index (Phi) is 3.00. The number of nitrogens with two attached hydrogens (primary N) is 1. The summed E-state index contributed by atoms with van der Waals surface area (Å²) in [5.41, 5.74) is 5.93. The molecule has 1 aliphatic rings. The van der Waals surface area contributed by atoms with E-state index in [1.807, 2.05) is 0 Å². The lowest BCUT2D eigenvalue weighted by atomic mass is 9.82. The molecule has 5 nitrogen and oxygen atoms in total. The smallest absolute Gasteiger partial charge is 0.224 e. The molecule has 0 radical (unpaired) electrons. The molecule has 1 fully saturated rings. The minimum Gasteiger partial charge on any atom is -0.369 e. The molecule has 1 aliphatic carbocycles. The SMILES string of the molecule is NC(=O)C1(C(Cn2cncn2)c2ccc(F)cc2)CC1. The molecule has 0 spiro atoms. The Balaban J connectivity index is 1.95. The summed E-state index contributed by atoms with van der Waals surface area (Å²) in [6, 6.07) is 6.22. The second-order valence-electron chi connectivity index (χ2n) is 5.24. The molecule has 6 heteroatoms. The van der Waals surface area contributed by atoms with Gasteiger partial charge in [0.1, 0.15) is 18.5 Å². The molecule has 1 aromatic carbocycles. The topological polar surface area (TPSA) is 73.8 Å². The minimum atomic E-state index is -0.538. The predicted octanol–water partition coefficient (Wildman–Crippen LogP) is 1.47. The highest BCUT2D eigenvalue weighted by atomic mass is 19.1. The van der Waals surface area contributed by atoms with Crippen LogP contribution in [0.2, 0.25) is 0 Å². The Bertz CT molecular complexity index is 605. The summed E-state index contributed by atoms with van der Waals surface area (Å²) < 4.78 is 14.8. The lowest BCUT2D eigenvalue weighted by molar-refractivity contribution is -0.124. The first-order valence-electron chi connectivity index (χ1n) is 6.49. The maximum atomic E-state index is 13.1. The summed E-state index contributed by atoms with van der Waals surface area (Å²) in [6.07, 6.45) is 4.58. The first kappa shape index (κ1) is 12.8. The lowest BCUT2D eigenvalue weighted by Crippen LogP contribution is -2.33. The number of amides is 1. The molecule has 1 amide bonds. The quantitative estimate of drug-likeness (QED) is 0.897. The van der Waals surface area contributed by atoms with Gasteiger partial charge in [0.05, 0.1) is 12.0 Å². The van der Waals surface area contributed by atoms with Crippen molar-refractivity contribution in [1.29, 1.82) is 0 Å². The van der Waals surface area contributed by atoms with Crippen LogP contribution in [0.3, 0.4) is 0 Å². The van der Waals surface area contributed by atoms with Gasteiger partial charge in [0.25, 0.3) is 0 Å². The maximum absolute atomic E-state index is 13.1. The van der Waals surface area contributed by atoms with Crippen LogP contribution in [0.25, 0.3) is 0 Å². The van der Waals surface area contributed by atoms with E-state index < -0.39 is 5.41 Å². The fourth-order valence-electron chi connectivity index (χ4n) is 2.71. The van der Waals surface area contributed by atoms with E-state index in [1.165, 1.54) is 18.5 Å². The molecule has 1 heterocycles. The zero-order chi connectivity index (χ0) is 14.2. The number of primary amides is 1. The normalized spacial score (nSPS) is 17.6. The molecule has 0 saturated heterocycles. The van der Waals surface area contributed by atoms with Crippen molar-refractivity contribution in [3.05, 3.63) is 48.3 Å². The zero-order valence-electron chi connectivity index (χ0n) is 10.9. The van der Waals surface area contributed by atoms with Gasteiger partial charge in [0, 0.05) is 5.92 Å². The number of rotatable bonds is 5. The Morgan fingerprint density at radius 1 is 1.40 bits per heavy atom. The summed E-state index contributed by atoms with van der Waals surface area (Å²) in [5.74, 6) is -0.702. The molecule has 1 atom stereocenters. The molecular weight excluding hydrogens is 259 g/mol. The summed E-state index contributed by atoms with van der Waals surface area (Å²) in [6.45, 7) is 0.509. The van der Waals surface area contributed by atoms with Gasteiger partial charge in [0.15, 0.2) is 0 Å². The second kappa shape index (κ2) is 4.70. The van der Waals surface area contributed by atoms with Crippen LogP contribution in [-0.4, -0.2) is 20.7 Å². The van der Waals surface area contributed by atoms with Gasteiger partial charge >= 0.3 is 0 Å². The fraction of sp³-hybridized carbons (Fsp3) is 0.357. The van der Waals surface area contributed by atoms with E-state index in [1.54, 1.807) is 23.1 Å². The average molecular weight is 274 g/mol. The zero-order valence-corrected chi connectivity index (χ0v) is 10.9. The third-order valence-electron chi connectivity index (χ3n) is 4.06. The van der Waals surface area contributed by atoms with Crippen molar-refractivity contribution in [1.82, 2.24) is 14.8 Å². The van der Waals surface area contributed by atoms with Crippen molar-refractivity contribution < 1.29 is 9.18 Å². The van der Waals surface area contributed by atoms with Crippen LogP contribution in [0.5, 0.6) is 0 Å². The van der Waals surface area contributed by atoms with Gasteiger partial charge in [-0.2, -0.15) is 5.10 Å². The molecule has 0 bridgehead atoms. The van der Waals surface area contributed by atoms with Crippen molar-refractivity contribution in [3.63, 3.8) is 0 Å². The van der Waals surface area contributed by atoms with Crippen molar-refractivity contribution in [2.24, 2.45) is 11.1 Å². The number of hydrogen-bond acceptors (Lipinski definition) is 3. The molecule has 2 aromatic rings. The van der Waals surface area contributed by atoms with E-state index >= 15 is 0 Å². The number of benzene rings is 1. The van der Waals surface area contributed by atoms with Gasteiger partial charge in [-0.3, -0.25) is 9.48 Å². The molecule has 1 unspecified atom stereocenters. The highest BCUT2D eigenvalue weighted by Crippen LogP contribution is 2.56. The van der Waals surface area contributed by atoms with Crippen molar-refractivity contribution in [2.75, 3.05) is 0 Å². The van der Waals surface area contributed by atoms with Crippen LogP contribution in [0.15, 0.2) is 36.9 Å². The Morgan fingerprint density at radius 2 is 2.10 bits per heavy atom. The Hall–Kier alpha value is -2.24. The van der Waals surface area contributed by atoms with Crippen LogP contribution in [-0.2, 0) is 11.3 Å². The fourth-order valence-corrected chi connectivity index (χ4v) is 2.71. The van der Waals surface area contributed by atoms with Gasteiger partial charge in [-0.05, 0) is 30.5 Å². The maximum Gasteiger partial charge on any atom is 0.224 e. The highest BCUT2D eigenvalue weighted by Gasteiger charge is 2.55. The van der Waals surface area contributed by atoms with Crippen molar-refractivity contribution in [2.45, 2.75) is 25.3 Å². The van der Waals surface area contributed by atoms with Crippen LogP contribution < -0.4 is 5.73 Å². The number of nitrogens with zero attached hydrogens (tertiary/aromatic N) is 3. The summed E-state index contributed by atoms with van der Waals surface area (Å²) in [4.78, 5) is 15.7. The van der Waals surface area contributed by atoms with E-state index in [2.05, 4.69) is 10.1 Å². The first-order chi connectivity index (χ1) is 9.62. The minimum absolute atomic E-state index is 0.109. The third kappa shape index (κ3) is 2.17. The number of carbonyl (C=O) groups excluding carboxylic acids is 1. The van der Waals surface area contributed by atoms with E-state index in [-0.39, 0.29) is 17.6 Å². The highest BCUT2D eigenvalue weighted by molar-refractivity contribution is 5.84. The van der Waals surface area contributed by atoms with Crippen LogP contribution in [0.4, 0.5) is 4.39 Å². The summed E-state index contributed by atoms with van der Waals surface area (Å²) in [5, 5.41) is 4.08. The standard InChI is InChI=1S/C14H15FN4O/c15-11-3-1-10(2-4-11)12(7-19-9-17-8-18-19)14(5-6-14)13(16)20/h1-4,8-9,12H,5-7H2,(H2,16,20). The molecule has 1 aromatic heterocycles. The monoisotopic (exact) mass is 274 g/mol. The molecule has 20 heavy (non-hydrogen) atoms. The third-order valence-corrected chi connectivity index (χ3v) is 4.06. The van der Waals surface area contributed by atoms with E-state index in [0.29, 0.717) is 6.54 Å². The average Bonchev–Trinajstić information content (AvgIpc) is 3.08. The lowest BCUT2D eigenvalue weighted by Gasteiger charge is -2.24.